The second-order valence-electron chi connectivity index (χ2n) is 19.2. The van der Waals surface area contributed by atoms with Crippen molar-refractivity contribution in [1.29, 1.82) is 0 Å². The van der Waals surface area contributed by atoms with Crippen molar-refractivity contribution < 1.29 is 38.1 Å². The normalized spacial score (nSPS) is 16.3. The minimum Gasteiger partial charge on any atom is -0.508 e. The standard InChI is InChI=1S/C42H52FN3O6S.C13H14N2OS/c1-28-6-5-19-46(28)41(49)40(42(2,3)4)44-37(48)27-51-25-24-50-23-22-45-20-17-30(18-21-45)29-9-14-34(15-10-29)52-38-35-16-13-33(47)26-36(35)53-39(38)31-7-11-32(43)12-8-31;1-9(14-7-16)11-3-5-12(6-4-11)13-10(2)15-8-17-13/h7-16,26,28,30,40,47H,5-6,17-25,27H2,1-4H3,(H,44,48);3-9H,1-2H3,(H,14,16). The van der Waals surface area contributed by atoms with Crippen molar-refractivity contribution in [1.82, 2.24) is 25.4 Å². The molecule has 4 aromatic carbocycles. The minimum atomic E-state index is -0.591. The van der Waals surface area contributed by atoms with Crippen LogP contribution in [0, 0.1) is 18.2 Å². The van der Waals surface area contributed by atoms with Gasteiger partial charge in [0.15, 0.2) is 5.75 Å². The van der Waals surface area contributed by atoms with E-state index in [0.29, 0.717) is 31.5 Å². The Kier molecular flexibility index (Phi) is 18.2. The largest absolute Gasteiger partial charge is 0.508 e. The molecule has 2 aromatic heterocycles. The number of aromatic hydroxyl groups is 1. The number of fused-ring (bicyclic) bond motifs is 1. The number of nitrogens with zero attached hydrogens (tertiary/aromatic N) is 3. The number of phenols is 1. The number of aryl methyl sites for hydroxylation is 1. The number of amides is 3. The average Bonchev–Trinajstić information content (AvgIpc) is 4.08. The highest BCUT2D eigenvalue weighted by Crippen LogP contribution is 2.47. The van der Waals surface area contributed by atoms with Crippen LogP contribution in [0.5, 0.6) is 17.2 Å². The second kappa shape index (κ2) is 24.4. The Morgan fingerprint density at radius 1 is 0.900 bits per heavy atom. The van der Waals surface area contributed by atoms with Gasteiger partial charge in [0, 0.05) is 29.2 Å². The first-order valence-corrected chi connectivity index (χ1v) is 25.8. The van der Waals surface area contributed by atoms with E-state index in [9.17, 15) is 23.9 Å². The molecule has 372 valence electrons. The molecule has 4 heterocycles. The summed E-state index contributed by atoms with van der Waals surface area (Å²) in [7, 11) is 0. The highest BCUT2D eigenvalue weighted by Gasteiger charge is 2.38. The zero-order valence-electron chi connectivity index (χ0n) is 41.0. The van der Waals surface area contributed by atoms with Crippen molar-refractivity contribution >= 4 is 51.0 Å². The van der Waals surface area contributed by atoms with Crippen molar-refractivity contribution in [2.24, 2.45) is 5.41 Å². The van der Waals surface area contributed by atoms with Crippen LogP contribution in [0.3, 0.4) is 0 Å². The lowest BCUT2D eigenvalue weighted by Crippen LogP contribution is -2.56. The highest BCUT2D eigenvalue weighted by molar-refractivity contribution is 7.22. The number of nitrogens with one attached hydrogen (secondary N) is 2. The number of aromatic nitrogens is 1. The molecule has 0 bridgehead atoms. The van der Waals surface area contributed by atoms with Gasteiger partial charge in [-0.2, -0.15) is 0 Å². The topological polar surface area (TPSA) is 143 Å². The summed E-state index contributed by atoms with van der Waals surface area (Å²) >= 11 is 3.15. The maximum absolute atomic E-state index is 13.7. The fraction of sp³-hybridized carbons (Fsp3) is 0.418. The van der Waals surface area contributed by atoms with Gasteiger partial charge in [-0.15, -0.1) is 22.7 Å². The molecule has 3 unspecified atom stereocenters. The fourth-order valence-electron chi connectivity index (χ4n) is 8.93. The number of likely N-dealkylation sites (tertiary alicyclic amines) is 2. The number of thiazole rings is 1. The maximum atomic E-state index is 13.7. The van der Waals surface area contributed by atoms with E-state index >= 15 is 0 Å². The van der Waals surface area contributed by atoms with E-state index in [2.05, 4.69) is 51.7 Å². The van der Waals surface area contributed by atoms with Crippen LogP contribution in [0.1, 0.15) is 89.1 Å². The van der Waals surface area contributed by atoms with Crippen LogP contribution in [-0.2, 0) is 23.9 Å². The zero-order valence-corrected chi connectivity index (χ0v) is 42.7. The van der Waals surface area contributed by atoms with E-state index in [1.54, 1.807) is 35.6 Å². The van der Waals surface area contributed by atoms with Gasteiger partial charge in [0.25, 0.3) is 0 Å². The second-order valence-corrected chi connectivity index (χ2v) is 21.1. The summed E-state index contributed by atoms with van der Waals surface area (Å²) in [6, 6.07) is 27.8. The Morgan fingerprint density at radius 3 is 2.23 bits per heavy atom. The predicted octanol–water partition coefficient (Wildman–Crippen LogP) is 10.9. The van der Waals surface area contributed by atoms with E-state index in [1.807, 2.05) is 75.4 Å². The van der Waals surface area contributed by atoms with Crippen LogP contribution in [-0.4, -0.2) is 103 Å². The molecule has 8 rings (SSSR count). The molecule has 12 nitrogen and oxygen atoms in total. The lowest BCUT2D eigenvalue weighted by atomic mass is 9.85. The van der Waals surface area contributed by atoms with Crippen LogP contribution in [0.4, 0.5) is 4.39 Å². The van der Waals surface area contributed by atoms with Crippen molar-refractivity contribution in [3.63, 3.8) is 0 Å². The molecule has 0 spiro atoms. The molecule has 0 saturated carbocycles. The fourth-order valence-corrected chi connectivity index (χ4v) is 10.9. The molecule has 2 aliphatic heterocycles. The van der Waals surface area contributed by atoms with Gasteiger partial charge >= 0.3 is 0 Å². The number of halogens is 1. The van der Waals surface area contributed by atoms with Gasteiger partial charge in [-0.25, -0.2) is 9.37 Å². The lowest BCUT2D eigenvalue weighted by molar-refractivity contribution is -0.141. The lowest BCUT2D eigenvalue weighted by Gasteiger charge is -2.35. The number of carbonyl (C=O) groups excluding carboxylic acids is 3. The van der Waals surface area contributed by atoms with E-state index < -0.39 is 11.5 Å². The van der Waals surface area contributed by atoms with Crippen molar-refractivity contribution in [2.45, 2.75) is 91.3 Å². The minimum absolute atomic E-state index is 0.0166. The van der Waals surface area contributed by atoms with Crippen LogP contribution >= 0.6 is 22.7 Å². The van der Waals surface area contributed by atoms with Crippen LogP contribution in [0.15, 0.2) is 96.5 Å². The molecule has 2 fully saturated rings. The van der Waals surface area contributed by atoms with Crippen LogP contribution in [0.25, 0.3) is 31.0 Å². The first kappa shape index (κ1) is 52.1. The van der Waals surface area contributed by atoms with Crippen molar-refractivity contribution in [3.05, 3.63) is 119 Å². The molecular formula is C55H66FN5O7S2. The number of hydrogen-bond acceptors (Lipinski definition) is 11. The highest BCUT2D eigenvalue weighted by atomic mass is 32.1. The summed E-state index contributed by atoms with van der Waals surface area (Å²) in [4.78, 5) is 46.8. The third-order valence-electron chi connectivity index (χ3n) is 13.0. The third kappa shape index (κ3) is 13.8. The Morgan fingerprint density at radius 2 is 1.59 bits per heavy atom. The summed E-state index contributed by atoms with van der Waals surface area (Å²) in [6.07, 6.45) is 4.84. The van der Waals surface area contributed by atoms with Gasteiger partial charge in [0.2, 0.25) is 18.2 Å². The monoisotopic (exact) mass is 991 g/mol. The Bertz CT molecular complexity index is 2640. The number of phenolic OH excluding ortho intramolecular Hbond substituents is 1. The van der Waals surface area contributed by atoms with Gasteiger partial charge in [-0.3, -0.25) is 14.4 Å². The predicted molar refractivity (Wildman–Crippen MR) is 277 cm³/mol. The zero-order chi connectivity index (χ0) is 49.8. The molecule has 2 saturated heterocycles. The van der Waals surface area contributed by atoms with Gasteiger partial charge in [-0.1, -0.05) is 69.3 Å². The molecular weight excluding hydrogens is 926 g/mol. The summed E-state index contributed by atoms with van der Waals surface area (Å²) in [5, 5.41) is 16.6. The molecule has 70 heavy (non-hydrogen) atoms. The molecule has 6 aromatic rings. The number of hydrogen-bond donors (Lipinski definition) is 3. The number of carbonyl (C=O) groups is 3. The number of rotatable bonds is 18. The van der Waals surface area contributed by atoms with Gasteiger partial charge in [0.1, 0.15) is 30.0 Å². The average molecular weight is 992 g/mol. The van der Waals surface area contributed by atoms with Gasteiger partial charge < -0.3 is 39.8 Å². The molecule has 0 radical (unpaired) electrons. The summed E-state index contributed by atoms with van der Waals surface area (Å²) in [5.74, 6) is 1.48. The van der Waals surface area contributed by atoms with Gasteiger partial charge in [0.05, 0.1) is 46.8 Å². The SMILES string of the molecule is CC1CCCN1C(=O)C(NC(=O)COCCOCCN1CCC(c2ccc(Oc3c(-c4ccc(F)cc4)sc4cc(O)ccc34)cc2)CC1)C(C)(C)C.Cc1ncsc1-c1ccc(C(C)NC=O)cc1. The van der Waals surface area contributed by atoms with E-state index in [0.717, 1.165) is 95.8 Å². The first-order chi connectivity index (χ1) is 33.7. The van der Waals surface area contributed by atoms with Crippen LogP contribution < -0.4 is 15.4 Å². The van der Waals surface area contributed by atoms with Crippen molar-refractivity contribution in [3.8, 4) is 38.1 Å². The van der Waals surface area contributed by atoms with Crippen LogP contribution in [0.2, 0.25) is 0 Å². The van der Waals surface area contributed by atoms with E-state index in [-0.39, 0.29) is 42.1 Å². The summed E-state index contributed by atoms with van der Waals surface area (Å²) in [5.41, 5.74) is 6.93. The van der Waals surface area contributed by atoms with E-state index in [1.165, 1.54) is 39.5 Å². The Hall–Kier alpha value is -5.71. The molecule has 3 atom stereocenters. The third-order valence-corrected chi connectivity index (χ3v) is 15.2. The van der Waals surface area contributed by atoms with E-state index in [4.69, 9.17) is 14.2 Å². The number of thiophene rings is 1. The van der Waals surface area contributed by atoms with Gasteiger partial charge in [-0.05, 0) is 136 Å². The molecule has 15 heteroatoms. The quantitative estimate of drug-likeness (QED) is 0.0567. The Labute approximate surface area is 419 Å². The molecule has 3 amide bonds. The molecule has 2 aliphatic rings. The van der Waals surface area contributed by atoms with Crippen molar-refractivity contribution in [2.75, 3.05) is 52.6 Å². The smallest absolute Gasteiger partial charge is 0.246 e. The Balaban J connectivity index is 0.000000356. The maximum Gasteiger partial charge on any atom is 0.246 e. The molecule has 0 aliphatic carbocycles. The first-order valence-electron chi connectivity index (χ1n) is 24.2. The number of ether oxygens (including phenoxy) is 3. The summed E-state index contributed by atoms with van der Waals surface area (Å²) in [6.45, 7) is 16.7. The summed E-state index contributed by atoms with van der Waals surface area (Å²) < 4.78 is 32.4. The number of piperidine rings is 1. The molecule has 3 N–H and O–H groups in total. The number of benzene rings is 4.